The van der Waals surface area contributed by atoms with Crippen LogP contribution < -0.4 is 5.32 Å². The van der Waals surface area contributed by atoms with Crippen LogP contribution in [-0.2, 0) is 4.74 Å². The number of carbonyl (C=O) groups is 2. The lowest BCUT2D eigenvalue weighted by Gasteiger charge is -2.09. The Kier molecular flexibility index (Phi) is 4.57. The Labute approximate surface area is 146 Å². The number of esters is 1. The number of aryl methyl sites for hydroxylation is 2. The van der Waals surface area contributed by atoms with Gasteiger partial charge in [0.15, 0.2) is 0 Å². The number of hydrogen-bond acceptors (Lipinski definition) is 3. The molecule has 0 spiro atoms. The van der Waals surface area contributed by atoms with E-state index in [4.69, 9.17) is 4.74 Å². The molecule has 1 heterocycles. The van der Waals surface area contributed by atoms with Gasteiger partial charge in [-0.25, -0.2) is 4.79 Å². The van der Waals surface area contributed by atoms with Crippen LogP contribution in [0.1, 0.15) is 38.9 Å². The van der Waals surface area contributed by atoms with Crippen molar-refractivity contribution in [1.29, 1.82) is 0 Å². The summed E-state index contributed by atoms with van der Waals surface area (Å²) in [5.41, 5.74) is 4.03. The van der Waals surface area contributed by atoms with E-state index in [9.17, 15) is 9.59 Å². The molecule has 3 aromatic rings. The van der Waals surface area contributed by atoms with E-state index in [1.54, 1.807) is 6.92 Å². The number of fused-ring (bicyclic) bond motifs is 1. The minimum Gasteiger partial charge on any atom is -0.461 e. The van der Waals surface area contributed by atoms with Crippen LogP contribution >= 0.6 is 0 Å². The minimum absolute atomic E-state index is 0.251. The van der Waals surface area contributed by atoms with E-state index in [1.807, 2.05) is 56.3 Å². The second-order valence-electron chi connectivity index (χ2n) is 5.97. The number of benzene rings is 2. The van der Waals surface area contributed by atoms with Crippen LogP contribution in [0.15, 0.2) is 42.5 Å². The van der Waals surface area contributed by atoms with E-state index >= 15 is 0 Å². The molecule has 0 saturated heterocycles. The molecule has 2 N–H and O–H groups in total. The molecule has 0 aliphatic rings. The molecule has 25 heavy (non-hydrogen) atoms. The summed E-state index contributed by atoms with van der Waals surface area (Å²) in [6.45, 7) is 5.89. The summed E-state index contributed by atoms with van der Waals surface area (Å²) in [6, 6.07) is 13.1. The van der Waals surface area contributed by atoms with E-state index in [2.05, 4.69) is 10.3 Å². The molecule has 0 radical (unpaired) electrons. The first-order valence-electron chi connectivity index (χ1n) is 8.17. The summed E-state index contributed by atoms with van der Waals surface area (Å²) in [6.07, 6.45) is 0. The van der Waals surface area contributed by atoms with E-state index in [0.29, 0.717) is 11.3 Å². The van der Waals surface area contributed by atoms with Crippen molar-refractivity contribution < 1.29 is 14.3 Å². The van der Waals surface area contributed by atoms with Crippen molar-refractivity contribution in [3.63, 3.8) is 0 Å². The Morgan fingerprint density at radius 2 is 1.76 bits per heavy atom. The predicted octanol–water partition coefficient (Wildman–Crippen LogP) is 4.21. The first kappa shape index (κ1) is 16.8. The average molecular weight is 336 g/mol. The third kappa shape index (κ3) is 3.40. The summed E-state index contributed by atoms with van der Waals surface area (Å²) < 4.78 is 5.10. The maximum Gasteiger partial charge on any atom is 0.356 e. The normalized spacial score (nSPS) is 10.7. The van der Waals surface area contributed by atoms with Crippen molar-refractivity contribution in [3.05, 3.63) is 64.8 Å². The lowest BCUT2D eigenvalue weighted by atomic mass is 10.1. The van der Waals surface area contributed by atoms with Gasteiger partial charge in [0.1, 0.15) is 5.69 Å². The molecule has 1 aromatic heterocycles. The molecule has 0 unspecified atom stereocenters. The fraction of sp³-hybridized carbons (Fsp3) is 0.200. The second kappa shape index (κ2) is 6.81. The number of aromatic nitrogens is 1. The van der Waals surface area contributed by atoms with Crippen molar-refractivity contribution in [1.82, 2.24) is 4.98 Å². The topological polar surface area (TPSA) is 71.2 Å². The minimum atomic E-state index is -0.491. The number of hydrogen-bond donors (Lipinski definition) is 2. The number of anilines is 1. The fourth-order valence-electron chi connectivity index (χ4n) is 2.92. The molecule has 5 nitrogen and oxygen atoms in total. The number of amides is 1. The molecule has 2 aromatic carbocycles. The zero-order valence-electron chi connectivity index (χ0n) is 14.5. The monoisotopic (exact) mass is 336 g/mol. The Bertz CT molecular complexity index is 936. The first-order valence-corrected chi connectivity index (χ1v) is 8.17. The molecule has 5 heteroatoms. The van der Waals surface area contributed by atoms with Crippen molar-refractivity contribution in [2.24, 2.45) is 0 Å². The third-order valence-electron chi connectivity index (χ3n) is 3.91. The maximum absolute atomic E-state index is 12.7. The Hall–Kier alpha value is -3.08. The van der Waals surface area contributed by atoms with Gasteiger partial charge >= 0.3 is 5.97 Å². The van der Waals surface area contributed by atoms with Crippen LogP contribution in [0.4, 0.5) is 5.69 Å². The molecular weight excluding hydrogens is 316 g/mol. The smallest absolute Gasteiger partial charge is 0.356 e. The summed E-state index contributed by atoms with van der Waals surface area (Å²) in [5, 5.41) is 3.64. The van der Waals surface area contributed by atoms with E-state index in [0.717, 1.165) is 22.0 Å². The summed E-state index contributed by atoms with van der Waals surface area (Å²) in [4.78, 5) is 28.0. The van der Waals surface area contributed by atoms with Gasteiger partial charge in [-0.3, -0.25) is 4.79 Å². The molecule has 3 rings (SSSR count). The van der Waals surface area contributed by atoms with Crippen LogP contribution in [0, 0.1) is 13.8 Å². The number of ether oxygens (including phenoxy) is 1. The third-order valence-corrected chi connectivity index (χ3v) is 3.91. The zero-order chi connectivity index (χ0) is 18.0. The lowest BCUT2D eigenvalue weighted by molar-refractivity contribution is 0.0522. The second-order valence-corrected chi connectivity index (χ2v) is 5.97. The number of rotatable bonds is 4. The summed E-state index contributed by atoms with van der Waals surface area (Å²) in [7, 11) is 0. The highest BCUT2D eigenvalue weighted by Gasteiger charge is 2.21. The van der Waals surface area contributed by atoms with Gasteiger partial charge in [0, 0.05) is 16.5 Å². The Balaban J connectivity index is 2.03. The molecule has 0 atom stereocenters. The van der Waals surface area contributed by atoms with E-state index in [1.165, 1.54) is 0 Å². The first-order chi connectivity index (χ1) is 12.0. The van der Waals surface area contributed by atoms with Crippen LogP contribution in [0.3, 0.4) is 0 Å². The maximum atomic E-state index is 12.7. The Morgan fingerprint density at radius 3 is 2.44 bits per heavy atom. The van der Waals surface area contributed by atoms with Crippen LogP contribution in [0.5, 0.6) is 0 Å². The number of aromatic amines is 1. The van der Waals surface area contributed by atoms with Gasteiger partial charge in [-0.1, -0.05) is 35.4 Å². The predicted molar refractivity (Wildman–Crippen MR) is 98.1 cm³/mol. The van der Waals surface area contributed by atoms with Gasteiger partial charge < -0.3 is 15.0 Å². The fourth-order valence-corrected chi connectivity index (χ4v) is 2.92. The molecule has 0 bridgehead atoms. The quantitative estimate of drug-likeness (QED) is 0.701. The highest BCUT2D eigenvalue weighted by Crippen LogP contribution is 2.29. The molecular formula is C20H20N2O3. The number of H-pyrrole nitrogens is 1. The molecule has 0 aliphatic heterocycles. The molecule has 0 fully saturated rings. The number of carbonyl (C=O) groups excluding carboxylic acids is 2. The van der Waals surface area contributed by atoms with Gasteiger partial charge in [0.25, 0.3) is 5.91 Å². The number of nitrogens with one attached hydrogen (secondary N) is 2. The zero-order valence-corrected chi connectivity index (χ0v) is 14.5. The lowest BCUT2D eigenvalue weighted by Crippen LogP contribution is -2.15. The van der Waals surface area contributed by atoms with Gasteiger partial charge in [-0.05, 0) is 39.0 Å². The van der Waals surface area contributed by atoms with Crippen LogP contribution in [0.25, 0.3) is 10.9 Å². The number of para-hydroxylation sites is 1. The standard InChI is InChI=1S/C20H20N2O3/c1-4-25-20(24)18-17(15-7-5-6-8-16(15)21-18)22-19(23)14-10-12(2)9-13(3)11-14/h5-11,21H,4H2,1-3H3,(H,22,23). The van der Waals surface area contributed by atoms with Crippen LogP contribution in [0.2, 0.25) is 0 Å². The van der Waals surface area contributed by atoms with Crippen molar-refractivity contribution in [3.8, 4) is 0 Å². The van der Waals surface area contributed by atoms with Crippen molar-refractivity contribution in [2.45, 2.75) is 20.8 Å². The van der Waals surface area contributed by atoms with E-state index < -0.39 is 5.97 Å². The highest BCUT2D eigenvalue weighted by atomic mass is 16.5. The highest BCUT2D eigenvalue weighted by molar-refractivity contribution is 6.14. The molecule has 0 saturated carbocycles. The van der Waals surface area contributed by atoms with Gasteiger partial charge in [0.2, 0.25) is 0 Å². The van der Waals surface area contributed by atoms with E-state index in [-0.39, 0.29) is 18.2 Å². The van der Waals surface area contributed by atoms with Crippen molar-refractivity contribution >= 4 is 28.5 Å². The SMILES string of the molecule is CCOC(=O)c1[nH]c2ccccc2c1NC(=O)c1cc(C)cc(C)c1. The average Bonchev–Trinajstić information content (AvgIpc) is 2.93. The largest absolute Gasteiger partial charge is 0.461 e. The van der Waals surface area contributed by atoms with Crippen LogP contribution in [-0.4, -0.2) is 23.5 Å². The van der Waals surface area contributed by atoms with Gasteiger partial charge in [0.05, 0.1) is 12.3 Å². The molecule has 128 valence electrons. The van der Waals surface area contributed by atoms with Gasteiger partial charge in [-0.15, -0.1) is 0 Å². The molecule has 1 amide bonds. The summed E-state index contributed by atoms with van der Waals surface area (Å²) >= 11 is 0. The van der Waals surface area contributed by atoms with Crippen molar-refractivity contribution in [2.75, 3.05) is 11.9 Å². The Morgan fingerprint density at radius 1 is 1.08 bits per heavy atom. The molecule has 0 aliphatic carbocycles. The summed E-state index contributed by atoms with van der Waals surface area (Å²) in [5.74, 6) is -0.753. The van der Waals surface area contributed by atoms with Gasteiger partial charge in [-0.2, -0.15) is 0 Å².